The van der Waals surface area contributed by atoms with Crippen molar-refractivity contribution < 1.29 is 4.79 Å². The van der Waals surface area contributed by atoms with Gasteiger partial charge >= 0.3 is 0 Å². The van der Waals surface area contributed by atoms with Gasteiger partial charge in [-0.2, -0.15) is 0 Å². The topological polar surface area (TPSA) is 41.1 Å². The van der Waals surface area contributed by atoms with Crippen molar-refractivity contribution in [2.75, 3.05) is 11.9 Å². The lowest BCUT2D eigenvalue weighted by Gasteiger charge is -2.15. The van der Waals surface area contributed by atoms with Gasteiger partial charge in [0.05, 0.1) is 6.54 Å². The molecular weight excluding hydrogens is 296 g/mol. The molecule has 2 rings (SSSR count). The van der Waals surface area contributed by atoms with Crippen molar-refractivity contribution in [3.8, 4) is 0 Å². The minimum atomic E-state index is -0.0532. The first kappa shape index (κ1) is 16.5. The number of anilines is 1. The Morgan fingerprint density at radius 1 is 1.18 bits per heavy atom. The third-order valence-electron chi connectivity index (χ3n) is 3.58. The normalized spacial score (nSPS) is 12.0. The Labute approximate surface area is 136 Å². The molecule has 1 amide bonds. The summed E-state index contributed by atoms with van der Waals surface area (Å²) in [6.45, 7) is 6.25. The average molecular weight is 317 g/mol. The van der Waals surface area contributed by atoms with Gasteiger partial charge in [-0.1, -0.05) is 35.9 Å². The molecule has 2 aromatic carbocycles. The number of amides is 1. The Balaban J connectivity index is 1.91. The number of hydrogen-bond donors (Lipinski definition) is 2. The van der Waals surface area contributed by atoms with Gasteiger partial charge in [0.1, 0.15) is 0 Å². The van der Waals surface area contributed by atoms with Gasteiger partial charge in [0.25, 0.3) is 0 Å². The van der Waals surface area contributed by atoms with E-state index in [2.05, 4.69) is 10.6 Å². The summed E-state index contributed by atoms with van der Waals surface area (Å²) in [7, 11) is 0. The molecule has 0 aliphatic rings. The zero-order chi connectivity index (χ0) is 16.1. The van der Waals surface area contributed by atoms with Gasteiger partial charge in [-0.15, -0.1) is 0 Å². The number of benzene rings is 2. The molecule has 0 aromatic heterocycles. The molecule has 0 saturated heterocycles. The number of halogens is 1. The van der Waals surface area contributed by atoms with Crippen LogP contribution in [0.2, 0.25) is 5.02 Å². The monoisotopic (exact) mass is 316 g/mol. The first-order valence-electron chi connectivity index (χ1n) is 7.31. The lowest BCUT2D eigenvalue weighted by molar-refractivity contribution is -0.115. The van der Waals surface area contributed by atoms with E-state index >= 15 is 0 Å². The largest absolute Gasteiger partial charge is 0.325 e. The molecule has 2 N–H and O–H groups in total. The summed E-state index contributed by atoms with van der Waals surface area (Å²) in [5, 5.41) is 6.85. The smallest absolute Gasteiger partial charge is 0.238 e. The van der Waals surface area contributed by atoms with Gasteiger partial charge in [-0.25, -0.2) is 0 Å². The third kappa shape index (κ3) is 4.58. The highest BCUT2D eigenvalue weighted by atomic mass is 35.5. The minimum absolute atomic E-state index is 0.0532. The molecule has 0 radical (unpaired) electrons. The Bertz CT molecular complexity index is 670. The van der Waals surface area contributed by atoms with E-state index in [1.165, 1.54) is 0 Å². The van der Waals surface area contributed by atoms with Crippen LogP contribution in [0.15, 0.2) is 42.5 Å². The molecular formula is C18H21ClN2O. The summed E-state index contributed by atoms with van der Waals surface area (Å²) in [6.07, 6.45) is 0. The van der Waals surface area contributed by atoms with Crippen molar-refractivity contribution in [2.24, 2.45) is 0 Å². The zero-order valence-electron chi connectivity index (χ0n) is 13.1. The molecule has 3 nitrogen and oxygen atoms in total. The second kappa shape index (κ2) is 7.43. The standard InChI is InChI=1S/C18H21ClN2O/c1-12-7-8-13(2)17(9-12)21-18(22)11-20-14(3)15-5-4-6-16(19)10-15/h4-10,14,20H,11H2,1-3H3,(H,21,22)/t14-/m1/s1. The van der Waals surface area contributed by atoms with Crippen molar-refractivity contribution in [3.05, 3.63) is 64.2 Å². The van der Waals surface area contributed by atoms with Crippen LogP contribution in [0.3, 0.4) is 0 Å². The van der Waals surface area contributed by atoms with Crippen molar-refractivity contribution in [1.29, 1.82) is 0 Å². The van der Waals surface area contributed by atoms with E-state index in [4.69, 9.17) is 11.6 Å². The SMILES string of the molecule is Cc1ccc(C)c(NC(=O)CN[C@H](C)c2cccc(Cl)c2)c1. The summed E-state index contributed by atoms with van der Waals surface area (Å²) >= 11 is 5.98. The summed E-state index contributed by atoms with van der Waals surface area (Å²) in [6, 6.07) is 13.7. The Hall–Kier alpha value is -1.84. The molecule has 0 spiro atoms. The van der Waals surface area contributed by atoms with Gasteiger partial charge in [0, 0.05) is 16.8 Å². The van der Waals surface area contributed by atoms with Gasteiger partial charge in [0.2, 0.25) is 5.91 Å². The van der Waals surface area contributed by atoms with Gasteiger partial charge in [-0.05, 0) is 55.7 Å². The lowest BCUT2D eigenvalue weighted by atomic mass is 10.1. The maximum absolute atomic E-state index is 12.1. The zero-order valence-corrected chi connectivity index (χ0v) is 13.9. The number of hydrogen-bond acceptors (Lipinski definition) is 2. The van der Waals surface area contributed by atoms with E-state index < -0.39 is 0 Å². The number of aryl methyl sites for hydroxylation is 2. The Morgan fingerprint density at radius 3 is 2.68 bits per heavy atom. The first-order valence-corrected chi connectivity index (χ1v) is 7.69. The highest BCUT2D eigenvalue weighted by Gasteiger charge is 2.09. The van der Waals surface area contributed by atoms with E-state index in [0.29, 0.717) is 5.02 Å². The van der Waals surface area contributed by atoms with Crippen molar-refractivity contribution in [1.82, 2.24) is 5.32 Å². The average Bonchev–Trinajstić information content (AvgIpc) is 2.48. The summed E-state index contributed by atoms with van der Waals surface area (Å²) < 4.78 is 0. The molecule has 0 aliphatic carbocycles. The molecule has 0 bridgehead atoms. The van der Waals surface area contributed by atoms with Crippen LogP contribution in [0.25, 0.3) is 0 Å². The molecule has 1 atom stereocenters. The molecule has 2 aromatic rings. The van der Waals surface area contributed by atoms with Crippen LogP contribution in [0.4, 0.5) is 5.69 Å². The quantitative estimate of drug-likeness (QED) is 0.866. The van der Waals surface area contributed by atoms with E-state index in [-0.39, 0.29) is 18.5 Å². The van der Waals surface area contributed by atoms with E-state index in [9.17, 15) is 4.79 Å². The molecule has 22 heavy (non-hydrogen) atoms. The van der Waals surface area contributed by atoms with E-state index in [0.717, 1.165) is 22.4 Å². The second-order valence-electron chi connectivity index (χ2n) is 5.52. The van der Waals surface area contributed by atoms with Gasteiger partial charge in [0.15, 0.2) is 0 Å². The maximum atomic E-state index is 12.1. The summed E-state index contributed by atoms with van der Waals surface area (Å²) in [4.78, 5) is 12.1. The molecule has 0 fully saturated rings. The van der Waals surface area contributed by atoms with Gasteiger partial charge in [-0.3, -0.25) is 4.79 Å². The molecule has 0 saturated carbocycles. The molecule has 4 heteroatoms. The molecule has 116 valence electrons. The first-order chi connectivity index (χ1) is 10.5. The number of carbonyl (C=O) groups excluding carboxylic acids is 1. The maximum Gasteiger partial charge on any atom is 0.238 e. The summed E-state index contributed by atoms with van der Waals surface area (Å²) in [5.74, 6) is -0.0532. The predicted molar refractivity (Wildman–Crippen MR) is 92.4 cm³/mol. The summed E-state index contributed by atoms with van der Waals surface area (Å²) in [5.41, 5.74) is 4.11. The van der Waals surface area contributed by atoms with Crippen LogP contribution in [0, 0.1) is 13.8 Å². The van der Waals surface area contributed by atoms with Crippen molar-refractivity contribution >= 4 is 23.2 Å². The van der Waals surface area contributed by atoms with E-state index in [1.807, 2.05) is 63.2 Å². The van der Waals surface area contributed by atoms with E-state index in [1.54, 1.807) is 0 Å². The van der Waals surface area contributed by atoms with Crippen LogP contribution >= 0.6 is 11.6 Å². The van der Waals surface area contributed by atoms with Gasteiger partial charge < -0.3 is 10.6 Å². The Kier molecular flexibility index (Phi) is 5.58. The van der Waals surface area contributed by atoms with Crippen LogP contribution in [-0.4, -0.2) is 12.5 Å². The molecule has 0 heterocycles. The molecule has 0 aliphatic heterocycles. The van der Waals surface area contributed by atoms with Crippen LogP contribution in [0.5, 0.6) is 0 Å². The minimum Gasteiger partial charge on any atom is -0.325 e. The van der Waals surface area contributed by atoms with Crippen molar-refractivity contribution in [3.63, 3.8) is 0 Å². The number of nitrogens with one attached hydrogen (secondary N) is 2. The lowest BCUT2D eigenvalue weighted by Crippen LogP contribution is -2.30. The fourth-order valence-corrected chi connectivity index (χ4v) is 2.40. The third-order valence-corrected chi connectivity index (χ3v) is 3.82. The highest BCUT2D eigenvalue weighted by Crippen LogP contribution is 2.18. The Morgan fingerprint density at radius 2 is 1.95 bits per heavy atom. The number of rotatable bonds is 5. The van der Waals surface area contributed by atoms with Crippen LogP contribution < -0.4 is 10.6 Å². The van der Waals surface area contributed by atoms with Crippen LogP contribution in [-0.2, 0) is 4.79 Å². The highest BCUT2D eigenvalue weighted by molar-refractivity contribution is 6.30. The molecule has 0 unspecified atom stereocenters. The fourth-order valence-electron chi connectivity index (χ4n) is 2.20. The second-order valence-corrected chi connectivity index (χ2v) is 5.96. The van der Waals surface area contributed by atoms with Crippen molar-refractivity contribution in [2.45, 2.75) is 26.8 Å². The fraction of sp³-hybridized carbons (Fsp3) is 0.278. The predicted octanol–water partition coefficient (Wildman–Crippen LogP) is 4.25. The number of carbonyl (C=O) groups is 1. The van der Waals surface area contributed by atoms with Crippen LogP contribution in [0.1, 0.15) is 29.7 Å².